The fraction of sp³-hybridized carbons (Fsp3) is 0.643. The van der Waals surface area contributed by atoms with Gasteiger partial charge in [-0.25, -0.2) is 4.98 Å². The van der Waals surface area contributed by atoms with E-state index in [9.17, 15) is 0 Å². The number of methoxy groups -OCH3 is 1. The third kappa shape index (κ3) is 3.35. The summed E-state index contributed by atoms with van der Waals surface area (Å²) in [7, 11) is 1.78. The summed E-state index contributed by atoms with van der Waals surface area (Å²) in [6.45, 7) is 4.04. The largest absolute Gasteiger partial charge is 0.487 e. The van der Waals surface area contributed by atoms with Crippen LogP contribution in [0.15, 0.2) is 18.3 Å². The van der Waals surface area contributed by atoms with Gasteiger partial charge in [-0.3, -0.25) is 0 Å². The molecule has 0 amide bonds. The standard InChI is InChI=1S/C14H22N2O2/c1-10(2)18-13-5-4-8-15-14(13)16-11-6-7-12(9-11)17-3/h4-5,8,10-12H,6-7,9H2,1-3H3,(H,15,16). The quantitative estimate of drug-likeness (QED) is 0.872. The zero-order chi connectivity index (χ0) is 13.0. The maximum atomic E-state index is 5.75. The normalized spacial score (nSPS) is 23.3. The van der Waals surface area contributed by atoms with E-state index < -0.39 is 0 Å². The lowest BCUT2D eigenvalue weighted by molar-refractivity contribution is 0.108. The van der Waals surface area contributed by atoms with Crippen molar-refractivity contribution in [3.05, 3.63) is 18.3 Å². The second-order valence-corrected chi connectivity index (χ2v) is 5.03. The molecule has 0 radical (unpaired) electrons. The first-order valence-corrected chi connectivity index (χ1v) is 6.60. The van der Waals surface area contributed by atoms with Crippen LogP contribution in [-0.2, 0) is 4.74 Å². The molecule has 1 saturated carbocycles. The Hall–Kier alpha value is -1.29. The highest BCUT2D eigenvalue weighted by atomic mass is 16.5. The monoisotopic (exact) mass is 250 g/mol. The topological polar surface area (TPSA) is 43.4 Å². The molecular weight excluding hydrogens is 228 g/mol. The molecule has 1 aromatic heterocycles. The van der Waals surface area contributed by atoms with E-state index in [1.165, 1.54) is 0 Å². The molecule has 0 aromatic carbocycles. The SMILES string of the molecule is COC1CCC(Nc2ncccc2OC(C)C)C1. The number of nitrogens with one attached hydrogen (secondary N) is 1. The highest BCUT2D eigenvalue weighted by Gasteiger charge is 2.25. The van der Waals surface area contributed by atoms with Crippen LogP contribution in [0.5, 0.6) is 5.75 Å². The van der Waals surface area contributed by atoms with Crippen molar-refractivity contribution in [1.29, 1.82) is 0 Å². The van der Waals surface area contributed by atoms with Crippen molar-refractivity contribution < 1.29 is 9.47 Å². The average molecular weight is 250 g/mol. The minimum Gasteiger partial charge on any atom is -0.487 e. The van der Waals surface area contributed by atoms with Gasteiger partial charge in [-0.2, -0.15) is 0 Å². The van der Waals surface area contributed by atoms with E-state index in [0.717, 1.165) is 30.8 Å². The molecule has 0 spiro atoms. The minimum absolute atomic E-state index is 0.157. The first-order chi connectivity index (χ1) is 8.69. The van der Waals surface area contributed by atoms with Crippen LogP contribution >= 0.6 is 0 Å². The van der Waals surface area contributed by atoms with Gasteiger partial charge in [0.15, 0.2) is 11.6 Å². The van der Waals surface area contributed by atoms with E-state index in [4.69, 9.17) is 9.47 Å². The van der Waals surface area contributed by atoms with Gasteiger partial charge in [-0.1, -0.05) is 0 Å². The minimum atomic E-state index is 0.157. The number of anilines is 1. The number of ether oxygens (including phenoxy) is 2. The third-order valence-electron chi connectivity index (χ3n) is 3.19. The van der Waals surface area contributed by atoms with Gasteiger partial charge in [-0.15, -0.1) is 0 Å². The van der Waals surface area contributed by atoms with Crippen molar-refractivity contribution in [3.63, 3.8) is 0 Å². The van der Waals surface area contributed by atoms with Gasteiger partial charge in [0.1, 0.15) is 0 Å². The number of rotatable bonds is 5. The average Bonchev–Trinajstić information content (AvgIpc) is 2.79. The summed E-state index contributed by atoms with van der Waals surface area (Å²) < 4.78 is 11.1. The van der Waals surface area contributed by atoms with Gasteiger partial charge >= 0.3 is 0 Å². The number of hydrogen-bond donors (Lipinski definition) is 1. The maximum Gasteiger partial charge on any atom is 0.168 e. The molecule has 1 aliphatic rings. The molecule has 2 atom stereocenters. The van der Waals surface area contributed by atoms with Crippen molar-refractivity contribution in [1.82, 2.24) is 4.98 Å². The fourth-order valence-electron chi connectivity index (χ4n) is 2.33. The lowest BCUT2D eigenvalue weighted by Crippen LogP contribution is -2.19. The van der Waals surface area contributed by atoms with Crippen LogP contribution < -0.4 is 10.1 Å². The molecule has 4 heteroatoms. The van der Waals surface area contributed by atoms with E-state index in [2.05, 4.69) is 10.3 Å². The summed E-state index contributed by atoms with van der Waals surface area (Å²) in [4.78, 5) is 4.37. The van der Waals surface area contributed by atoms with Crippen LogP contribution in [0.4, 0.5) is 5.82 Å². The van der Waals surface area contributed by atoms with E-state index in [-0.39, 0.29) is 6.10 Å². The number of aromatic nitrogens is 1. The molecule has 1 aliphatic carbocycles. The zero-order valence-electron chi connectivity index (χ0n) is 11.3. The van der Waals surface area contributed by atoms with Crippen molar-refractivity contribution in [2.75, 3.05) is 12.4 Å². The number of nitrogens with zero attached hydrogens (tertiary/aromatic N) is 1. The van der Waals surface area contributed by atoms with Crippen molar-refractivity contribution in [2.24, 2.45) is 0 Å². The fourth-order valence-corrected chi connectivity index (χ4v) is 2.33. The molecule has 2 rings (SSSR count). The zero-order valence-corrected chi connectivity index (χ0v) is 11.3. The summed E-state index contributed by atoms with van der Waals surface area (Å²) in [5, 5.41) is 3.46. The predicted molar refractivity (Wildman–Crippen MR) is 72.1 cm³/mol. The lowest BCUT2D eigenvalue weighted by atomic mass is 10.2. The van der Waals surface area contributed by atoms with Gasteiger partial charge in [0, 0.05) is 19.3 Å². The van der Waals surface area contributed by atoms with Crippen molar-refractivity contribution in [3.8, 4) is 5.75 Å². The molecule has 100 valence electrons. The number of hydrogen-bond acceptors (Lipinski definition) is 4. The first-order valence-electron chi connectivity index (χ1n) is 6.60. The lowest BCUT2D eigenvalue weighted by Gasteiger charge is -2.18. The predicted octanol–water partition coefficient (Wildman–Crippen LogP) is 2.85. The van der Waals surface area contributed by atoms with Gasteiger partial charge < -0.3 is 14.8 Å². The molecule has 1 heterocycles. The summed E-state index contributed by atoms with van der Waals surface area (Å²) in [5.41, 5.74) is 0. The Bertz CT molecular complexity index is 382. The molecule has 2 unspecified atom stereocenters. The van der Waals surface area contributed by atoms with Crippen LogP contribution in [0.2, 0.25) is 0 Å². The first kappa shape index (κ1) is 13.1. The van der Waals surface area contributed by atoms with Crippen LogP contribution in [0, 0.1) is 0 Å². The van der Waals surface area contributed by atoms with Gasteiger partial charge in [0.05, 0.1) is 12.2 Å². The molecule has 0 aliphatic heterocycles. The van der Waals surface area contributed by atoms with E-state index >= 15 is 0 Å². The molecule has 1 aromatic rings. The molecule has 4 nitrogen and oxygen atoms in total. The van der Waals surface area contributed by atoms with Crippen molar-refractivity contribution in [2.45, 2.75) is 51.4 Å². The van der Waals surface area contributed by atoms with Gasteiger partial charge in [0.25, 0.3) is 0 Å². The second-order valence-electron chi connectivity index (χ2n) is 5.03. The van der Waals surface area contributed by atoms with Gasteiger partial charge in [-0.05, 0) is 45.2 Å². The van der Waals surface area contributed by atoms with Crippen LogP contribution in [-0.4, -0.2) is 30.3 Å². The Morgan fingerprint density at radius 3 is 2.89 bits per heavy atom. The molecule has 18 heavy (non-hydrogen) atoms. The van der Waals surface area contributed by atoms with Crippen LogP contribution in [0.1, 0.15) is 33.1 Å². The number of pyridine rings is 1. The highest BCUT2D eigenvalue weighted by Crippen LogP contribution is 2.28. The third-order valence-corrected chi connectivity index (χ3v) is 3.19. The Balaban J connectivity index is 2.00. The van der Waals surface area contributed by atoms with E-state index in [0.29, 0.717) is 12.1 Å². The Labute approximate surface area is 109 Å². The Morgan fingerprint density at radius 2 is 2.22 bits per heavy atom. The van der Waals surface area contributed by atoms with Gasteiger partial charge in [0.2, 0.25) is 0 Å². The highest BCUT2D eigenvalue weighted by molar-refractivity contribution is 5.50. The Morgan fingerprint density at radius 1 is 1.39 bits per heavy atom. The summed E-state index contributed by atoms with van der Waals surface area (Å²) >= 11 is 0. The van der Waals surface area contributed by atoms with E-state index in [1.807, 2.05) is 26.0 Å². The smallest absolute Gasteiger partial charge is 0.168 e. The molecule has 0 saturated heterocycles. The molecule has 1 fully saturated rings. The van der Waals surface area contributed by atoms with Crippen LogP contribution in [0.25, 0.3) is 0 Å². The summed E-state index contributed by atoms with van der Waals surface area (Å²) in [6.07, 6.45) is 5.59. The molecule has 1 N–H and O–H groups in total. The van der Waals surface area contributed by atoms with E-state index in [1.54, 1.807) is 13.3 Å². The summed E-state index contributed by atoms with van der Waals surface area (Å²) in [6, 6.07) is 4.28. The molecule has 0 bridgehead atoms. The van der Waals surface area contributed by atoms with Crippen molar-refractivity contribution >= 4 is 5.82 Å². The summed E-state index contributed by atoms with van der Waals surface area (Å²) in [5.74, 6) is 1.67. The maximum absolute atomic E-state index is 5.75. The van der Waals surface area contributed by atoms with Crippen LogP contribution in [0.3, 0.4) is 0 Å². The molecular formula is C14H22N2O2. The second kappa shape index (κ2) is 6.05. The Kier molecular flexibility index (Phi) is 4.42.